The van der Waals surface area contributed by atoms with E-state index in [-0.39, 0.29) is 28.3 Å². The number of nitrogens with two attached hydrogens (primary N) is 1. The highest BCUT2D eigenvalue weighted by atomic mass is 32.2. The number of pyridine rings is 2. The van der Waals surface area contributed by atoms with E-state index in [1.165, 1.54) is 12.1 Å². The monoisotopic (exact) mass is 664 g/mol. The second-order valence-electron chi connectivity index (χ2n) is 13.5. The molecule has 0 spiro atoms. The fraction of sp³-hybridized carbons (Fsp3) is 0.471. The van der Waals surface area contributed by atoms with Crippen molar-refractivity contribution in [2.75, 3.05) is 31.5 Å². The van der Waals surface area contributed by atoms with Crippen LogP contribution in [0.4, 0.5) is 10.6 Å². The molecule has 47 heavy (non-hydrogen) atoms. The summed E-state index contributed by atoms with van der Waals surface area (Å²) < 4.78 is 37.9. The zero-order chi connectivity index (χ0) is 34.1. The van der Waals surface area contributed by atoms with Crippen LogP contribution in [0.5, 0.6) is 5.75 Å². The number of carbonyl (C=O) groups excluding carboxylic acids is 2. The van der Waals surface area contributed by atoms with E-state index in [2.05, 4.69) is 15.2 Å². The van der Waals surface area contributed by atoms with Gasteiger partial charge >= 0.3 is 6.09 Å². The number of hydrogen-bond donors (Lipinski definition) is 2. The molecule has 1 saturated heterocycles. The predicted molar refractivity (Wildman–Crippen MR) is 178 cm³/mol. The standard InChI is InChI=1S/C34H44N6O6S/c1-21-8-7-13-36-31(21)38-32(41)26-17-30(47(35,43)44)28(16-22(26)2)45-29(27-12-11-25(18-37-27)24-9-10-24)20-39-14-15-40(23(3)19-39)33(42)46-34(4,5)6/h7-8,11-13,16-18,23-24,29H,9-10,14-15,19-20H2,1-6H3,(H2,35,43,44)(H,36,38,41)/t23-,29-/m1/s1. The van der Waals surface area contributed by atoms with Crippen molar-refractivity contribution >= 4 is 27.8 Å². The molecular formula is C34H44N6O6S. The highest BCUT2D eigenvalue weighted by Crippen LogP contribution is 2.40. The van der Waals surface area contributed by atoms with Crippen LogP contribution in [0.1, 0.15) is 85.3 Å². The third kappa shape index (κ3) is 8.65. The Kier molecular flexibility index (Phi) is 9.90. The van der Waals surface area contributed by atoms with Crippen molar-refractivity contribution in [1.29, 1.82) is 0 Å². The number of aryl methyl sites for hydroxylation is 2. The lowest BCUT2D eigenvalue weighted by Gasteiger charge is -2.41. The Morgan fingerprint density at radius 3 is 2.43 bits per heavy atom. The molecule has 1 saturated carbocycles. The van der Waals surface area contributed by atoms with Gasteiger partial charge < -0.3 is 19.7 Å². The highest BCUT2D eigenvalue weighted by molar-refractivity contribution is 7.89. The number of aromatic nitrogens is 2. The first-order valence-electron chi connectivity index (χ1n) is 15.8. The van der Waals surface area contributed by atoms with Gasteiger partial charge in [-0.2, -0.15) is 0 Å². The molecule has 3 heterocycles. The van der Waals surface area contributed by atoms with Crippen LogP contribution >= 0.6 is 0 Å². The molecule has 1 aromatic carbocycles. The molecule has 5 rings (SSSR count). The van der Waals surface area contributed by atoms with Gasteiger partial charge in [0.15, 0.2) is 6.10 Å². The number of sulfonamides is 1. The number of carbonyl (C=O) groups is 2. The normalized spacial score (nSPS) is 18.0. The second kappa shape index (κ2) is 13.6. The van der Waals surface area contributed by atoms with E-state index in [9.17, 15) is 18.0 Å². The Labute approximate surface area is 276 Å². The molecule has 2 aromatic heterocycles. The fourth-order valence-corrected chi connectivity index (χ4v) is 6.32. The molecule has 2 aliphatic rings. The summed E-state index contributed by atoms with van der Waals surface area (Å²) in [6.07, 6.45) is 4.65. The molecule has 1 aliphatic carbocycles. The van der Waals surface area contributed by atoms with Gasteiger partial charge in [0.25, 0.3) is 5.91 Å². The van der Waals surface area contributed by atoms with Gasteiger partial charge in [0.2, 0.25) is 10.0 Å². The van der Waals surface area contributed by atoms with Gasteiger partial charge in [-0.05, 0) is 101 Å². The first kappa shape index (κ1) is 34.3. The number of hydrogen-bond acceptors (Lipinski definition) is 9. The zero-order valence-corrected chi connectivity index (χ0v) is 28.6. The van der Waals surface area contributed by atoms with Gasteiger partial charge in [0, 0.05) is 50.2 Å². The summed E-state index contributed by atoms with van der Waals surface area (Å²) in [4.78, 5) is 38.6. The Hall–Kier alpha value is -4.07. The number of primary sulfonamides is 1. The summed E-state index contributed by atoms with van der Waals surface area (Å²) in [7, 11) is -4.31. The molecule has 2 atom stereocenters. The van der Waals surface area contributed by atoms with Crippen molar-refractivity contribution in [3.8, 4) is 5.75 Å². The largest absolute Gasteiger partial charge is 0.481 e. The lowest BCUT2D eigenvalue weighted by molar-refractivity contribution is -0.00326. The summed E-state index contributed by atoms with van der Waals surface area (Å²) in [5, 5.41) is 8.44. The average Bonchev–Trinajstić information content (AvgIpc) is 3.82. The van der Waals surface area contributed by atoms with Crippen molar-refractivity contribution < 1.29 is 27.5 Å². The van der Waals surface area contributed by atoms with Crippen molar-refractivity contribution in [2.45, 2.75) is 82.9 Å². The average molecular weight is 665 g/mol. The van der Waals surface area contributed by atoms with Crippen LogP contribution in [0.25, 0.3) is 0 Å². The SMILES string of the molecule is Cc1cc(O[C@H](CN2CCN(C(=O)OC(C)(C)C)[C@H](C)C2)c2ccc(C3CC3)cn2)c(S(N)(=O)=O)cc1C(=O)Nc1ncccc1C. The minimum absolute atomic E-state index is 0.0223. The molecule has 2 fully saturated rings. The lowest BCUT2D eigenvalue weighted by Crippen LogP contribution is -2.55. The first-order valence-corrected chi connectivity index (χ1v) is 17.4. The molecule has 13 heteroatoms. The summed E-state index contributed by atoms with van der Waals surface area (Å²) in [6, 6.07) is 10.2. The van der Waals surface area contributed by atoms with E-state index in [0.29, 0.717) is 49.2 Å². The van der Waals surface area contributed by atoms with E-state index >= 15 is 0 Å². The van der Waals surface area contributed by atoms with Gasteiger partial charge in [0.1, 0.15) is 22.1 Å². The Bertz CT molecular complexity index is 1740. The minimum atomic E-state index is -4.31. The Morgan fingerprint density at radius 2 is 1.83 bits per heavy atom. The maximum Gasteiger partial charge on any atom is 0.410 e. The number of benzene rings is 1. The van der Waals surface area contributed by atoms with Crippen molar-refractivity contribution in [2.24, 2.45) is 5.14 Å². The topological polar surface area (TPSA) is 157 Å². The molecule has 12 nitrogen and oxygen atoms in total. The minimum Gasteiger partial charge on any atom is -0.481 e. The summed E-state index contributed by atoms with van der Waals surface area (Å²) >= 11 is 0. The third-order valence-corrected chi connectivity index (χ3v) is 9.24. The van der Waals surface area contributed by atoms with E-state index in [1.54, 1.807) is 24.1 Å². The van der Waals surface area contributed by atoms with Crippen LogP contribution in [0, 0.1) is 13.8 Å². The molecular weight excluding hydrogens is 620 g/mol. The van der Waals surface area contributed by atoms with Gasteiger partial charge in [-0.1, -0.05) is 12.1 Å². The van der Waals surface area contributed by atoms with Gasteiger partial charge in [-0.3, -0.25) is 14.7 Å². The molecule has 0 bridgehead atoms. The Balaban J connectivity index is 1.42. The van der Waals surface area contributed by atoms with E-state index in [4.69, 9.17) is 19.6 Å². The molecule has 3 aromatic rings. The predicted octanol–water partition coefficient (Wildman–Crippen LogP) is 4.93. The first-order chi connectivity index (χ1) is 22.1. The number of nitrogens with zero attached hydrogens (tertiary/aromatic N) is 4. The summed E-state index contributed by atoms with van der Waals surface area (Å²) in [5.41, 5.74) is 2.57. The third-order valence-electron chi connectivity index (χ3n) is 8.30. The van der Waals surface area contributed by atoms with Crippen LogP contribution in [0.15, 0.2) is 53.7 Å². The van der Waals surface area contributed by atoms with E-state index < -0.39 is 27.6 Å². The quantitative estimate of drug-likeness (QED) is 0.324. The van der Waals surface area contributed by atoms with Crippen molar-refractivity contribution in [3.63, 3.8) is 0 Å². The highest BCUT2D eigenvalue weighted by Gasteiger charge is 2.33. The van der Waals surface area contributed by atoms with Crippen LogP contribution in [0.3, 0.4) is 0 Å². The second-order valence-corrected chi connectivity index (χ2v) is 15.0. The molecule has 0 unspecified atom stereocenters. The number of rotatable bonds is 9. The van der Waals surface area contributed by atoms with E-state index in [1.807, 2.05) is 59.0 Å². The van der Waals surface area contributed by atoms with Gasteiger partial charge in [0.05, 0.1) is 5.69 Å². The number of nitrogens with one attached hydrogen (secondary N) is 1. The lowest BCUT2D eigenvalue weighted by atomic mass is 10.1. The smallest absolute Gasteiger partial charge is 0.410 e. The molecule has 252 valence electrons. The van der Waals surface area contributed by atoms with Crippen LogP contribution < -0.4 is 15.2 Å². The molecule has 3 N–H and O–H groups in total. The summed E-state index contributed by atoms with van der Waals surface area (Å²) in [5.74, 6) is 0.389. The number of ether oxygens (including phenoxy) is 2. The summed E-state index contributed by atoms with van der Waals surface area (Å²) in [6.45, 7) is 12.9. The zero-order valence-electron chi connectivity index (χ0n) is 27.8. The maximum absolute atomic E-state index is 13.3. The maximum atomic E-state index is 13.3. The number of piperazine rings is 1. The number of anilines is 1. The van der Waals surface area contributed by atoms with Crippen LogP contribution in [0.2, 0.25) is 0 Å². The fourth-order valence-electron chi connectivity index (χ4n) is 5.65. The van der Waals surface area contributed by atoms with Gasteiger partial charge in [-0.25, -0.2) is 23.3 Å². The Morgan fingerprint density at radius 1 is 1.09 bits per heavy atom. The van der Waals surface area contributed by atoms with Crippen LogP contribution in [-0.4, -0.2) is 78.0 Å². The molecule has 2 amide bonds. The van der Waals surface area contributed by atoms with Crippen molar-refractivity contribution in [1.82, 2.24) is 19.8 Å². The number of amides is 2. The molecule has 1 aliphatic heterocycles. The molecule has 0 radical (unpaired) electrons. The van der Waals surface area contributed by atoms with E-state index in [0.717, 1.165) is 24.0 Å². The van der Waals surface area contributed by atoms with Crippen LogP contribution in [-0.2, 0) is 14.8 Å². The van der Waals surface area contributed by atoms with Gasteiger partial charge in [-0.15, -0.1) is 0 Å². The van der Waals surface area contributed by atoms with Crippen molar-refractivity contribution in [3.05, 3.63) is 76.7 Å².